The van der Waals surface area contributed by atoms with E-state index >= 15 is 0 Å². The second-order valence-electron chi connectivity index (χ2n) is 5.45. The molecule has 0 spiro atoms. The summed E-state index contributed by atoms with van der Waals surface area (Å²) in [6, 6.07) is 19.8. The molecule has 2 atom stereocenters. The predicted octanol–water partition coefficient (Wildman–Crippen LogP) is 4.77. The topological polar surface area (TPSA) is 12.0 Å². The van der Waals surface area contributed by atoms with Gasteiger partial charge in [-0.25, -0.2) is 0 Å². The molecule has 0 heterocycles. The van der Waals surface area contributed by atoms with Crippen molar-refractivity contribution >= 4 is 15.9 Å². The predicted molar refractivity (Wildman–Crippen MR) is 90.2 cm³/mol. The van der Waals surface area contributed by atoms with Gasteiger partial charge in [0.2, 0.25) is 0 Å². The van der Waals surface area contributed by atoms with Crippen LogP contribution in [0.3, 0.4) is 0 Å². The number of rotatable bonds is 6. The van der Waals surface area contributed by atoms with Gasteiger partial charge in [0.05, 0.1) is 0 Å². The van der Waals surface area contributed by atoms with Gasteiger partial charge in [-0.05, 0) is 42.5 Å². The highest BCUT2D eigenvalue weighted by atomic mass is 79.9. The lowest BCUT2D eigenvalue weighted by atomic mass is 10.0. The zero-order valence-electron chi connectivity index (χ0n) is 12.1. The van der Waals surface area contributed by atoms with Crippen molar-refractivity contribution in [2.24, 2.45) is 0 Å². The van der Waals surface area contributed by atoms with Crippen LogP contribution in [0.15, 0.2) is 59.1 Å². The zero-order chi connectivity index (χ0) is 14.4. The molecule has 0 aromatic heterocycles. The van der Waals surface area contributed by atoms with Crippen LogP contribution in [0.1, 0.15) is 30.9 Å². The summed E-state index contributed by atoms with van der Waals surface area (Å²) in [5.74, 6) is 0.545. The Hall–Kier alpha value is -1.12. The Morgan fingerprint density at radius 1 is 0.950 bits per heavy atom. The van der Waals surface area contributed by atoms with Crippen LogP contribution in [0, 0.1) is 0 Å². The van der Waals surface area contributed by atoms with Gasteiger partial charge < -0.3 is 5.32 Å². The lowest BCUT2D eigenvalue weighted by Gasteiger charge is -2.18. The Morgan fingerprint density at radius 3 is 2.25 bits per heavy atom. The van der Waals surface area contributed by atoms with Gasteiger partial charge >= 0.3 is 0 Å². The summed E-state index contributed by atoms with van der Waals surface area (Å²) in [4.78, 5) is 0. The van der Waals surface area contributed by atoms with Crippen molar-refractivity contribution in [1.82, 2.24) is 5.32 Å². The molecule has 2 aromatic rings. The third kappa shape index (κ3) is 4.77. The average molecular weight is 332 g/mol. The molecular formula is C18H22BrN. The van der Waals surface area contributed by atoms with Crippen molar-refractivity contribution in [2.45, 2.75) is 32.2 Å². The summed E-state index contributed by atoms with van der Waals surface area (Å²) in [5.41, 5.74) is 2.77. The third-order valence-corrected chi connectivity index (χ3v) is 4.12. The van der Waals surface area contributed by atoms with Gasteiger partial charge in [0.25, 0.3) is 0 Å². The molecule has 2 heteroatoms. The number of hydrogen-bond donors (Lipinski definition) is 1. The van der Waals surface area contributed by atoms with Crippen molar-refractivity contribution < 1.29 is 0 Å². The van der Waals surface area contributed by atoms with Crippen LogP contribution in [0.2, 0.25) is 0 Å². The second-order valence-corrected chi connectivity index (χ2v) is 6.37. The molecule has 2 unspecified atom stereocenters. The first-order valence-electron chi connectivity index (χ1n) is 7.18. The molecule has 1 N–H and O–H groups in total. The molecule has 0 aliphatic carbocycles. The standard InChI is InChI=1S/C18H22BrN/c1-14(17-6-4-3-5-7-17)13-20-15(2)12-16-8-10-18(19)11-9-16/h3-11,14-15,20H,12-13H2,1-2H3. The van der Waals surface area contributed by atoms with Crippen LogP contribution in [-0.4, -0.2) is 12.6 Å². The SMILES string of the molecule is CC(Cc1ccc(Br)cc1)NCC(C)c1ccccc1. The molecule has 0 aliphatic heterocycles. The smallest absolute Gasteiger partial charge is 0.0175 e. The van der Waals surface area contributed by atoms with Crippen molar-refractivity contribution in [3.63, 3.8) is 0 Å². The normalized spacial score (nSPS) is 13.9. The summed E-state index contributed by atoms with van der Waals surface area (Å²) >= 11 is 3.47. The minimum Gasteiger partial charge on any atom is -0.313 e. The molecule has 0 radical (unpaired) electrons. The molecule has 0 amide bonds. The maximum atomic E-state index is 3.63. The van der Waals surface area contributed by atoms with E-state index in [9.17, 15) is 0 Å². The van der Waals surface area contributed by atoms with Crippen molar-refractivity contribution in [2.75, 3.05) is 6.54 Å². The van der Waals surface area contributed by atoms with Gasteiger partial charge in [0, 0.05) is 17.1 Å². The van der Waals surface area contributed by atoms with Crippen LogP contribution in [-0.2, 0) is 6.42 Å². The van der Waals surface area contributed by atoms with Gasteiger partial charge in [0.1, 0.15) is 0 Å². The minimum atomic E-state index is 0.488. The summed E-state index contributed by atoms with van der Waals surface area (Å²) in [6.45, 7) is 5.54. The van der Waals surface area contributed by atoms with Crippen LogP contribution >= 0.6 is 15.9 Å². The molecule has 106 valence electrons. The van der Waals surface area contributed by atoms with Crippen LogP contribution < -0.4 is 5.32 Å². The van der Waals surface area contributed by atoms with Crippen LogP contribution in [0.25, 0.3) is 0 Å². The largest absolute Gasteiger partial charge is 0.313 e. The summed E-state index contributed by atoms with van der Waals surface area (Å²) in [5, 5.41) is 3.63. The van der Waals surface area contributed by atoms with E-state index in [4.69, 9.17) is 0 Å². The Bertz CT molecular complexity index is 507. The Labute approximate surface area is 130 Å². The highest BCUT2D eigenvalue weighted by Crippen LogP contribution is 2.14. The van der Waals surface area contributed by atoms with E-state index in [0.29, 0.717) is 12.0 Å². The molecular weight excluding hydrogens is 310 g/mol. The number of benzene rings is 2. The molecule has 0 saturated carbocycles. The van der Waals surface area contributed by atoms with E-state index in [2.05, 4.69) is 89.7 Å². The molecule has 2 aromatic carbocycles. The summed E-state index contributed by atoms with van der Waals surface area (Å²) in [7, 11) is 0. The molecule has 0 saturated heterocycles. The Balaban J connectivity index is 1.80. The first-order valence-corrected chi connectivity index (χ1v) is 7.97. The van der Waals surface area contributed by atoms with Crippen molar-refractivity contribution in [3.05, 3.63) is 70.2 Å². The van der Waals surface area contributed by atoms with E-state index < -0.39 is 0 Å². The maximum Gasteiger partial charge on any atom is 0.0175 e. The fourth-order valence-corrected chi connectivity index (χ4v) is 2.59. The summed E-state index contributed by atoms with van der Waals surface area (Å²) < 4.78 is 1.14. The average Bonchev–Trinajstić information content (AvgIpc) is 2.48. The maximum absolute atomic E-state index is 3.63. The van der Waals surface area contributed by atoms with Crippen molar-refractivity contribution in [1.29, 1.82) is 0 Å². The fraction of sp³-hybridized carbons (Fsp3) is 0.333. The molecule has 0 aliphatic rings. The van der Waals surface area contributed by atoms with Crippen LogP contribution in [0.5, 0.6) is 0 Å². The number of hydrogen-bond acceptors (Lipinski definition) is 1. The van der Waals surface area contributed by atoms with Gasteiger partial charge in [-0.2, -0.15) is 0 Å². The van der Waals surface area contributed by atoms with Gasteiger partial charge in [-0.15, -0.1) is 0 Å². The first kappa shape index (κ1) is 15.3. The monoisotopic (exact) mass is 331 g/mol. The molecule has 0 fully saturated rings. The van der Waals surface area contributed by atoms with Crippen molar-refractivity contribution in [3.8, 4) is 0 Å². The fourth-order valence-electron chi connectivity index (χ4n) is 2.32. The molecule has 0 bridgehead atoms. The molecule has 20 heavy (non-hydrogen) atoms. The van der Waals surface area contributed by atoms with E-state index in [0.717, 1.165) is 17.4 Å². The third-order valence-electron chi connectivity index (χ3n) is 3.60. The van der Waals surface area contributed by atoms with E-state index in [1.54, 1.807) is 0 Å². The summed E-state index contributed by atoms with van der Waals surface area (Å²) in [6.07, 6.45) is 1.06. The van der Waals surface area contributed by atoms with E-state index in [1.165, 1.54) is 11.1 Å². The zero-order valence-corrected chi connectivity index (χ0v) is 13.7. The van der Waals surface area contributed by atoms with E-state index in [-0.39, 0.29) is 0 Å². The van der Waals surface area contributed by atoms with Gasteiger partial charge in [0.15, 0.2) is 0 Å². The first-order chi connectivity index (χ1) is 9.65. The Kier molecular flexibility index (Phi) is 5.81. The molecule has 2 rings (SSSR count). The Morgan fingerprint density at radius 2 is 1.60 bits per heavy atom. The number of nitrogens with one attached hydrogen (secondary N) is 1. The second kappa shape index (κ2) is 7.61. The van der Waals surface area contributed by atoms with E-state index in [1.807, 2.05) is 0 Å². The number of halogens is 1. The quantitative estimate of drug-likeness (QED) is 0.803. The lowest BCUT2D eigenvalue weighted by molar-refractivity contribution is 0.516. The lowest BCUT2D eigenvalue weighted by Crippen LogP contribution is -2.31. The highest BCUT2D eigenvalue weighted by Gasteiger charge is 2.08. The minimum absolute atomic E-state index is 0.488. The van der Waals surface area contributed by atoms with Gasteiger partial charge in [-0.3, -0.25) is 0 Å². The molecule has 1 nitrogen and oxygen atoms in total. The van der Waals surface area contributed by atoms with Gasteiger partial charge in [-0.1, -0.05) is 65.3 Å². The highest BCUT2D eigenvalue weighted by molar-refractivity contribution is 9.10. The van der Waals surface area contributed by atoms with Crippen LogP contribution in [0.4, 0.5) is 0 Å².